The lowest BCUT2D eigenvalue weighted by Crippen LogP contribution is -2.32. The molecule has 0 spiro atoms. The van der Waals surface area contributed by atoms with Gasteiger partial charge in [0.2, 0.25) is 5.09 Å². The summed E-state index contributed by atoms with van der Waals surface area (Å²) in [6, 6.07) is 3.12. The fraction of sp³-hybridized carbons (Fsp3) is 0.714. The Hall–Kier alpha value is -0.850. The van der Waals surface area contributed by atoms with Crippen LogP contribution in [0.5, 0.6) is 0 Å². The zero-order valence-electron chi connectivity index (χ0n) is 12.8. The summed E-state index contributed by atoms with van der Waals surface area (Å²) in [4.78, 5) is 0. The molecule has 1 heterocycles. The molecular formula is C14H26N2O3S. The number of furan rings is 1. The van der Waals surface area contributed by atoms with Gasteiger partial charge in [-0.2, -0.15) is 0 Å². The Morgan fingerprint density at radius 2 is 1.95 bits per heavy atom. The van der Waals surface area contributed by atoms with Crippen LogP contribution in [0.4, 0.5) is 0 Å². The molecule has 1 atom stereocenters. The van der Waals surface area contributed by atoms with Gasteiger partial charge in [-0.15, -0.1) is 0 Å². The molecule has 2 N–H and O–H groups in total. The minimum absolute atomic E-state index is 0.0122. The van der Waals surface area contributed by atoms with E-state index in [2.05, 4.69) is 23.9 Å². The Bertz CT molecular complexity index is 494. The molecule has 0 saturated carbocycles. The van der Waals surface area contributed by atoms with Crippen molar-refractivity contribution >= 4 is 10.0 Å². The maximum absolute atomic E-state index is 12.1. The van der Waals surface area contributed by atoms with E-state index in [0.717, 1.165) is 19.4 Å². The van der Waals surface area contributed by atoms with Gasteiger partial charge < -0.3 is 9.73 Å². The van der Waals surface area contributed by atoms with E-state index in [1.807, 2.05) is 13.8 Å². The van der Waals surface area contributed by atoms with Crippen LogP contribution >= 0.6 is 0 Å². The Morgan fingerprint density at radius 1 is 1.25 bits per heavy atom. The van der Waals surface area contributed by atoms with E-state index in [4.69, 9.17) is 4.42 Å². The molecule has 20 heavy (non-hydrogen) atoms. The van der Waals surface area contributed by atoms with Gasteiger partial charge in [-0.05, 0) is 37.9 Å². The number of hydrogen-bond donors (Lipinski definition) is 2. The van der Waals surface area contributed by atoms with Gasteiger partial charge in [0.1, 0.15) is 5.76 Å². The highest BCUT2D eigenvalue weighted by Gasteiger charge is 2.20. The molecule has 0 radical (unpaired) electrons. The van der Waals surface area contributed by atoms with E-state index in [0.29, 0.717) is 18.2 Å². The average molecular weight is 302 g/mol. The number of sulfonamides is 1. The van der Waals surface area contributed by atoms with Crippen molar-refractivity contribution in [3.8, 4) is 0 Å². The van der Waals surface area contributed by atoms with Gasteiger partial charge in [-0.25, -0.2) is 13.1 Å². The van der Waals surface area contributed by atoms with Crippen LogP contribution in [-0.2, 0) is 16.6 Å². The smallest absolute Gasteiger partial charge is 0.274 e. The molecule has 0 amide bonds. The Morgan fingerprint density at radius 3 is 2.55 bits per heavy atom. The average Bonchev–Trinajstić information content (AvgIpc) is 2.77. The van der Waals surface area contributed by atoms with Crippen molar-refractivity contribution < 1.29 is 12.8 Å². The fourth-order valence-corrected chi connectivity index (χ4v) is 3.12. The van der Waals surface area contributed by atoms with E-state index in [-0.39, 0.29) is 11.1 Å². The first-order valence-electron chi connectivity index (χ1n) is 7.17. The summed E-state index contributed by atoms with van der Waals surface area (Å²) in [5.74, 6) is 1.18. The first kappa shape index (κ1) is 17.2. The second kappa shape index (κ2) is 7.81. The first-order valence-corrected chi connectivity index (χ1v) is 8.65. The van der Waals surface area contributed by atoms with Crippen LogP contribution < -0.4 is 10.0 Å². The maximum atomic E-state index is 12.1. The third-order valence-corrected chi connectivity index (χ3v) is 4.29. The molecule has 0 saturated heterocycles. The third-order valence-electron chi connectivity index (χ3n) is 2.83. The summed E-state index contributed by atoms with van der Waals surface area (Å²) in [6.07, 6.45) is 1.74. The molecule has 116 valence electrons. The zero-order valence-corrected chi connectivity index (χ0v) is 13.6. The Balaban J connectivity index is 2.61. The van der Waals surface area contributed by atoms with Crippen LogP contribution in [0.15, 0.2) is 21.6 Å². The molecule has 6 heteroatoms. The van der Waals surface area contributed by atoms with Crippen LogP contribution in [0.25, 0.3) is 0 Å². The molecule has 5 nitrogen and oxygen atoms in total. The van der Waals surface area contributed by atoms with Crippen molar-refractivity contribution in [1.82, 2.24) is 10.0 Å². The number of hydrogen-bond acceptors (Lipinski definition) is 4. The summed E-state index contributed by atoms with van der Waals surface area (Å²) in [6.45, 7) is 9.52. The van der Waals surface area contributed by atoms with E-state index < -0.39 is 10.0 Å². The predicted molar refractivity (Wildman–Crippen MR) is 79.9 cm³/mol. The van der Waals surface area contributed by atoms with E-state index >= 15 is 0 Å². The van der Waals surface area contributed by atoms with Gasteiger partial charge in [-0.3, -0.25) is 0 Å². The second-order valence-corrected chi connectivity index (χ2v) is 7.20. The highest BCUT2D eigenvalue weighted by molar-refractivity contribution is 7.89. The van der Waals surface area contributed by atoms with E-state index in [1.54, 1.807) is 6.07 Å². The number of nitrogens with one attached hydrogen (secondary N) is 2. The first-order chi connectivity index (χ1) is 9.35. The molecule has 1 rings (SSSR count). The highest BCUT2D eigenvalue weighted by Crippen LogP contribution is 2.15. The maximum Gasteiger partial charge on any atom is 0.274 e. The van der Waals surface area contributed by atoms with Gasteiger partial charge in [0.25, 0.3) is 10.0 Å². The van der Waals surface area contributed by atoms with Crippen molar-refractivity contribution in [1.29, 1.82) is 0 Å². The minimum Gasteiger partial charge on any atom is -0.447 e. The van der Waals surface area contributed by atoms with Crippen LogP contribution in [0.2, 0.25) is 0 Å². The van der Waals surface area contributed by atoms with Crippen molar-refractivity contribution in [2.24, 2.45) is 5.92 Å². The lowest BCUT2D eigenvalue weighted by atomic mass is 10.2. The van der Waals surface area contributed by atoms with Gasteiger partial charge in [0.15, 0.2) is 0 Å². The van der Waals surface area contributed by atoms with E-state index in [9.17, 15) is 8.42 Å². The molecule has 1 unspecified atom stereocenters. The van der Waals surface area contributed by atoms with Crippen molar-refractivity contribution in [2.45, 2.75) is 58.2 Å². The van der Waals surface area contributed by atoms with Crippen LogP contribution in [0, 0.1) is 5.92 Å². The molecule has 0 aliphatic rings. The predicted octanol–water partition coefficient (Wildman–Crippen LogP) is 2.49. The SMILES string of the molecule is CCCC(C)NS(=O)(=O)c1ccc(CNCC(C)C)o1. The third kappa shape index (κ3) is 5.64. The van der Waals surface area contributed by atoms with Crippen molar-refractivity contribution in [3.63, 3.8) is 0 Å². The zero-order chi connectivity index (χ0) is 15.2. The quantitative estimate of drug-likeness (QED) is 0.735. The Labute approximate surface area is 122 Å². The minimum atomic E-state index is -3.55. The van der Waals surface area contributed by atoms with Crippen LogP contribution in [0.1, 0.15) is 46.3 Å². The lowest BCUT2D eigenvalue weighted by molar-refractivity contribution is 0.392. The van der Waals surface area contributed by atoms with Gasteiger partial charge >= 0.3 is 0 Å². The molecule has 0 aliphatic carbocycles. The molecule has 0 fully saturated rings. The summed E-state index contributed by atoms with van der Waals surface area (Å²) < 4.78 is 32.2. The summed E-state index contributed by atoms with van der Waals surface area (Å²) in [7, 11) is -3.55. The van der Waals surface area contributed by atoms with Crippen LogP contribution in [-0.4, -0.2) is 21.0 Å². The largest absolute Gasteiger partial charge is 0.447 e. The molecule has 1 aromatic heterocycles. The fourth-order valence-electron chi connectivity index (χ4n) is 1.90. The highest BCUT2D eigenvalue weighted by atomic mass is 32.2. The van der Waals surface area contributed by atoms with Gasteiger partial charge in [0.05, 0.1) is 6.54 Å². The standard InChI is InChI=1S/C14H26N2O3S/c1-5-6-12(4)16-20(17,18)14-8-7-13(19-14)10-15-9-11(2)3/h7-8,11-12,15-16H,5-6,9-10H2,1-4H3. The van der Waals surface area contributed by atoms with Crippen molar-refractivity contribution in [2.75, 3.05) is 6.54 Å². The van der Waals surface area contributed by atoms with Crippen molar-refractivity contribution in [3.05, 3.63) is 17.9 Å². The lowest BCUT2D eigenvalue weighted by Gasteiger charge is -2.11. The number of rotatable bonds is 9. The normalized spacial score (nSPS) is 13.8. The van der Waals surface area contributed by atoms with Gasteiger partial charge in [-0.1, -0.05) is 27.2 Å². The molecule has 0 aliphatic heterocycles. The molecule has 0 bridgehead atoms. The monoisotopic (exact) mass is 302 g/mol. The van der Waals surface area contributed by atoms with Crippen LogP contribution in [0.3, 0.4) is 0 Å². The topological polar surface area (TPSA) is 71.3 Å². The molecule has 1 aromatic rings. The Kier molecular flexibility index (Phi) is 6.71. The second-order valence-electron chi connectivity index (χ2n) is 5.56. The van der Waals surface area contributed by atoms with E-state index in [1.165, 1.54) is 6.07 Å². The summed E-state index contributed by atoms with van der Waals surface area (Å²) in [5, 5.41) is 3.21. The molecule has 0 aromatic carbocycles. The van der Waals surface area contributed by atoms with Gasteiger partial charge in [0, 0.05) is 6.04 Å². The summed E-state index contributed by atoms with van der Waals surface area (Å²) in [5.41, 5.74) is 0. The molecular weight excluding hydrogens is 276 g/mol. The summed E-state index contributed by atoms with van der Waals surface area (Å²) >= 11 is 0.